The van der Waals surface area contributed by atoms with E-state index in [0.29, 0.717) is 22.3 Å². The van der Waals surface area contributed by atoms with Crippen molar-refractivity contribution in [2.45, 2.75) is 25.3 Å². The van der Waals surface area contributed by atoms with E-state index in [1.807, 2.05) is 55.5 Å². The number of aromatic nitrogens is 2. The number of benzene rings is 2. The third-order valence-electron chi connectivity index (χ3n) is 4.57. The van der Waals surface area contributed by atoms with Crippen molar-refractivity contribution in [1.82, 2.24) is 9.97 Å². The van der Waals surface area contributed by atoms with E-state index in [4.69, 9.17) is 16.6 Å². The lowest BCUT2D eigenvalue weighted by atomic mass is 10.2. The Labute approximate surface area is 188 Å². The number of aryl methyl sites for hydroxylation is 1. The van der Waals surface area contributed by atoms with Gasteiger partial charge in [-0.15, -0.1) is 11.8 Å². The average molecular weight is 454 g/mol. The Balaban J connectivity index is 1.77. The van der Waals surface area contributed by atoms with E-state index in [9.17, 15) is 4.79 Å². The van der Waals surface area contributed by atoms with Crippen LogP contribution in [0.4, 0.5) is 5.13 Å². The van der Waals surface area contributed by atoms with E-state index < -0.39 is 0 Å². The summed E-state index contributed by atoms with van der Waals surface area (Å²) >= 11 is 9.43. The maximum absolute atomic E-state index is 13.6. The van der Waals surface area contributed by atoms with Crippen molar-refractivity contribution in [2.75, 3.05) is 10.7 Å². The van der Waals surface area contributed by atoms with Crippen molar-refractivity contribution in [2.24, 2.45) is 0 Å². The SMILES string of the molecule is CCSc1cccc(C(=O)N(Cc2cccnc2)c2nc3c(C)cc(Cl)cc3s2)c1. The molecule has 0 aliphatic carbocycles. The number of nitrogens with zero attached hydrogens (tertiary/aromatic N) is 3. The number of amides is 1. The van der Waals surface area contributed by atoms with Gasteiger partial charge in [0, 0.05) is 27.9 Å². The van der Waals surface area contributed by atoms with Crippen molar-refractivity contribution in [3.8, 4) is 0 Å². The second-order valence-corrected chi connectivity index (χ2v) is 9.56. The number of halogens is 1. The van der Waals surface area contributed by atoms with E-state index in [2.05, 4.69) is 11.9 Å². The predicted molar refractivity (Wildman–Crippen MR) is 127 cm³/mol. The van der Waals surface area contributed by atoms with Crippen LogP contribution in [0.2, 0.25) is 5.02 Å². The quantitative estimate of drug-likeness (QED) is 0.308. The second kappa shape index (κ2) is 9.16. The van der Waals surface area contributed by atoms with Gasteiger partial charge < -0.3 is 0 Å². The van der Waals surface area contributed by atoms with Crippen molar-refractivity contribution in [3.05, 3.63) is 82.6 Å². The minimum absolute atomic E-state index is 0.0831. The summed E-state index contributed by atoms with van der Waals surface area (Å²) in [5, 5.41) is 1.32. The fourth-order valence-corrected chi connectivity index (χ4v) is 5.34. The fraction of sp³-hybridized carbons (Fsp3) is 0.174. The number of carbonyl (C=O) groups excluding carboxylic acids is 1. The smallest absolute Gasteiger partial charge is 0.260 e. The highest BCUT2D eigenvalue weighted by molar-refractivity contribution is 7.99. The molecule has 0 saturated heterocycles. The summed E-state index contributed by atoms with van der Waals surface area (Å²) in [6.45, 7) is 4.48. The van der Waals surface area contributed by atoms with E-state index >= 15 is 0 Å². The Morgan fingerprint density at radius 2 is 2.07 bits per heavy atom. The molecule has 0 fully saturated rings. The Bertz CT molecular complexity index is 1190. The highest BCUT2D eigenvalue weighted by Crippen LogP contribution is 2.34. The van der Waals surface area contributed by atoms with Crippen molar-refractivity contribution < 1.29 is 4.79 Å². The number of thiazole rings is 1. The summed E-state index contributed by atoms with van der Waals surface area (Å²) in [5.41, 5.74) is 3.46. The third-order valence-corrected chi connectivity index (χ3v) is 6.69. The predicted octanol–water partition coefficient (Wildman–Crippen LogP) is 6.61. The number of rotatable bonds is 6. The van der Waals surface area contributed by atoms with Crippen LogP contribution in [0.25, 0.3) is 10.2 Å². The highest BCUT2D eigenvalue weighted by Gasteiger charge is 2.23. The molecule has 0 bridgehead atoms. The van der Waals surface area contributed by atoms with Crippen LogP contribution in [0.1, 0.15) is 28.4 Å². The van der Waals surface area contributed by atoms with Crippen molar-refractivity contribution in [3.63, 3.8) is 0 Å². The van der Waals surface area contributed by atoms with Gasteiger partial charge in [-0.2, -0.15) is 0 Å². The van der Waals surface area contributed by atoms with Gasteiger partial charge >= 0.3 is 0 Å². The molecule has 0 spiro atoms. The van der Waals surface area contributed by atoms with Gasteiger partial charge in [-0.1, -0.05) is 42.0 Å². The summed E-state index contributed by atoms with van der Waals surface area (Å²) in [6.07, 6.45) is 3.50. The molecular weight excluding hydrogens is 434 g/mol. The number of carbonyl (C=O) groups is 1. The zero-order valence-corrected chi connectivity index (χ0v) is 19.0. The molecule has 4 nitrogen and oxygen atoms in total. The number of pyridine rings is 1. The van der Waals surface area contributed by atoms with Crippen LogP contribution in [0.15, 0.2) is 65.8 Å². The van der Waals surface area contributed by atoms with Crippen molar-refractivity contribution in [1.29, 1.82) is 0 Å². The summed E-state index contributed by atoms with van der Waals surface area (Å²) in [5.74, 6) is 0.870. The van der Waals surface area contributed by atoms with Gasteiger partial charge in [-0.25, -0.2) is 4.98 Å². The highest BCUT2D eigenvalue weighted by atomic mass is 35.5. The standard InChI is InChI=1S/C23H20ClN3OS2/c1-3-29-19-8-4-7-17(11-19)22(28)27(14-16-6-5-9-25-13-16)23-26-21-15(2)10-18(24)12-20(21)30-23/h4-13H,3,14H2,1-2H3. The monoisotopic (exact) mass is 453 g/mol. The maximum Gasteiger partial charge on any atom is 0.260 e. The lowest BCUT2D eigenvalue weighted by molar-refractivity contribution is 0.0985. The van der Waals surface area contributed by atoms with Crippen LogP contribution in [0, 0.1) is 6.92 Å². The molecule has 2 heterocycles. The molecular formula is C23H20ClN3OS2. The first-order valence-electron chi connectivity index (χ1n) is 9.55. The van der Waals surface area contributed by atoms with Gasteiger partial charge in [0.2, 0.25) is 0 Å². The number of fused-ring (bicyclic) bond motifs is 1. The molecule has 2 aromatic carbocycles. The lowest BCUT2D eigenvalue weighted by Gasteiger charge is -2.20. The Morgan fingerprint density at radius 3 is 2.83 bits per heavy atom. The van der Waals surface area contributed by atoms with Gasteiger partial charge in [0.15, 0.2) is 5.13 Å². The summed E-state index contributed by atoms with van der Waals surface area (Å²) in [4.78, 5) is 25.4. The molecule has 0 atom stereocenters. The zero-order chi connectivity index (χ0) is 21.1. The molecule has 2 aromatic heterocycles. The molecule has 4 aromatic rings. The first-order chi connectivity index (χ1) is 14.5. The van der Waals surface area contributed by atoms with Gasteiger partial charge in [0.1, 0.15) is 0 Å². The van der Waals surface area contributed by atoms with E-state index in [1.54, 1.807) is 29.1 Å². The molecule has 152 valence electrons. The van der Waals surface area contributed by atoms with E-state index in [1.165, 1.54) is 11.3 Å². The van der Waals surface area contributed by atoms with Crippen LogP contribution in [0.3, 0.4) is 0 Å². The average Bonchev–Trinajstić information content (AvgIpc) is 3.17. The molecule has 7 heteroatoms. The topological polar surface area (TPSA) is 46.1 Å². The van der Waals surface area contributed by atoms with E-state index in [-0.39, 0.29) is 5.91 Å². The molecule has 0 N–H and O–H groups in total. The number of hydrogen-bond acceptors (Lipinski definition) is 5. The number of thioether (sulfide) groups is 1. The normalized spacial score (nSPS) is 11.0. The zero-order valence-electron chi connectivity index (χ0n) is 16.6. The van der Waals surface area contributed by atoms with E-state index in [0.717, 1.165) is 32.0 Å². The van der Waals surface area contributed by atoms with Gasteiger partial charge in [-0.3, -0.25) is 14.7 Å². The van der Waals surface area contributed by atoms with Gasteiger partial charge in [0.25, 0.3) is 5.91 Å². The van der Waals surface area contributed by atoms with Crippen molar-refractivity contribution >= 4 is 56.0 Å². The first-order valence-corrected chi connectivity index (χ1v) is 11.7. The lowest BCUT2D eigenvalue weighted by Crippen LogP contribution is -2.30. The maximum atomic E-state index is 13.6. The van der Waals surface area contributed by atoms with Crippen LogP contribution in [-0.4, -0.2) is 21.6 Å². The fourth-order valence-electron chi connectivity index (χ4n) is 3.20. The minimum atomic E-state index is -0.0831. The van der Waals surface area contributed by atoms with Crippen LogP contribution >= 0.6 is 34.7 Å². The number of hydrogen-bond donors (Lipinski definition) is 0. The third kappa shape index (κ3) is 4.51. The molecule has 0 unspecified atom stereocenters. The van der Waals surface area contributed by atoms with Gasteiger partial charge in [-0.05, 0) is 60.2 Å². The second-order valence-electron chi connectivity index (χ2n) is 6.78. The Hall–Kier alpha value is -2.41. The summed E-state index contributed by atoms with van der Waals surface area (Å²) in [6, 6.07) is 15.4. The first kappa shape index (κ1) is 20.8. The summed E-state index contributed by atoms with van der Waals surface area (Å²) < 4.78 is 0.967. The molecule has 0 saturated carbocycles. The Kier molecular flexibility index (Phi) is 6.37. The Morgan fingerprint density at radius 1 is 1.20 bits per heavy atom. The molecule has 1 amide bonds. The molecule has 0 aliphatic heterocycles. The minimum Gasteiger partial charge on any atom is -0.279 e. The van der Waals surface area contributed by atoms with Gasteiger partial charge in [0.05, 0.1) is 16.8 Å². The van der Waals surface area contributed by atoms with Crippen LogP contribution < -0.4 is 4.90 Å². The number of anilines is 1. The van der Waals surface area contributed by atoms with Crippen LogP contribution in [0.5, 0.6) is 0 Å². The van der Waals surface area contributed by atoms with Crippen LogP contribution in [-0.2, 0) is 6.54 Å². The molecule has 30 heavy (non-hydrogen) atoms. The molecule has 0 radical (unpaired) electrons. The molecule has 0 aliphatic rings. The summed E-state index contributed by atoms with van der Waals surface area (Å²) in [7, 11) is 0. The largest absolute Gasteiger partial charge is 0.279 e. The molecule has 4 rings (SSSR count).